The Morgan fingerprint density at radius 2 is 0.709 bits per heavy atom. The number of aromatic nitrogens is 3. The zero-order valence-corrected chi connectivity index (χ0v) is 29.8. The smallest absolute Gasteiger partial charge is 0.164 e. The summed E-state index contributed by atoms with van der Waals surface area (Å²) in [6.07, 6.45) is 0. The Morgan fingerprint density at radius 1 is 0.273 bits per heavy atom. The number of hydrogen-bond donors (Lipinski definition) is 0. The molecule has 4 nitrogen and oxygen atoms in total. The number of anilines is 3. The number of rotatable bonds is 4. The molecule has 10 aromatic rings. The fourth-order valence-electron chi connectivity index (χ4n) is 8.32. The molecule has 11 rings (SSSR count). The van der Waals surface area contributed by atoms with Crippen LogP contribution in [0.1, 0.15) is 0 Å². The van der Waals surface area contributed by atoms with Gasteiger partial charge in [0.25, 0.3) is 0 Å². The molecule has 9 aromatic carbocycles. The molecule has 1 aromatic heterocycles. The highest BCUT2D eigenvalue weighted by molar-refractivity contribution is 6.25. The number of fused-ring (bicyclic) bond motifs is 11. The summed E-state index contributed by atoms with van der Waals surface area (Å²) in [7, 11) is 0. The van der Waals surface area contributed by atoms with E-state index in [1.165, 1.54) is 43.4 Å². The van der Waals surface area contributed by atoms with Crippen molar-refractivity contribution in [2.45, 2.75) is 0 Å². The molecule has 1 aliphatic heterocycles. The van der Waals surface area contributed by atoms with Crippen molar-refractivity contribution in [2.75, 3.05) is 4.90 Å². The number of benzene rings is 9. The van der Waals surface area contributed by atoms with Crippen LogP contribution in [0.3, 0.4) is 0 Å². The Balaban J connectivity index is 1.14. The van der Waals surface area contributed by atoms with Crippen LogP contribution in [0.4, 0.5) is 17.1 Å². The number of para-hydroxylation sites is 2. The van der Waals surface area contributed by atoms with Crippen molar-refractivity contribution >= 4 is 49.4 Å². The quantitative estimate of drug-likeness (QED) is 0.171. The standard InChI is InChI=1S/C51H32N4/c1-3-15-33(16-4-1)49-52-50(34-27-29-43-39-21-8-7-19-37(39)38-20-9-11-23-41(38)45(43)31-34)54-51(53-49)35-28-30-48-46(32-35)42-24-12-10-22-40(42)44-25-13-14-26-47(44)55(48)36-17-5-2-6-18-36/h1-32H. The van der Waals surface area contributed by atoms with Gasteiger partial charge in [-0.2, -0.15) is 0 Å². The molecule has 0 radical (unpaired) electrons. The van der Waals surface area contributed by atoms with Crippen LogP contribution < -0.4 is 4.90 Å². The normalized spacial score (nSPS) is 12.0. The lowest BCUT2D eigenvalue weighted by atomic mass is 9.93. The second-order valence-corrected chi connectivity index (χ2v) is 14.0. The molecular formula is C51H32N4. The molecule has 256 valence electrons. The van der Waals surface area contributed by atoms with E-state index in [-0.39, 0.29) is 0 Å². The van der Waals surface area contributed by atoms with Crippen molar-refractivity contribution in [1.29, 1.82) is 0 Å². The topological polar surface area (TPSA) is 41.9 Å². The summed E-state index contributed by atoms with van der Waals surface area (Å²) in [6.45, 7) is 0. The fourth-order valence-corrected chi connectivity index (χ4v) is 8.32. The van der Waals surface area contributed by atoms with Crippen LogP contribution in [-0.2, 0) is 0 Å². The average molecular weight is 701 g/mol. The molecule has 2 heterocycles. The highest BCUT2D eigenvalue weighted by atomic mass is 15.1. The summed E-state index contributed by atoms with van der Waals surface area (Å²) in [5.74, 6) is 1.90. The zero-order valence-electron chi connectivity index (χ0n) is 29.8. The third-order valence-electron chi connectivity index (χ3n) is 10.8. The van der Waals surface area contributed by atoms with Crippen LogP contribution in [0.15, 0.2) is 194 Å². The fraction of sp³-hybridized carbons (Fsp3) is 0. The molecule has 0 atom stereocenters. The van der Waals surface area contributed by atoms with Crippen LogP contribution in [0.25, 0.3) is 88.7 Å². The molecule has 0 saturated carbocycles. The molecule has 0 amide bonds. The van der Waals surface area contributed by atoms with E-state index < -0.39 is 0 Å². The Labute approximate surface area is 318 Å². The summed E-state index contributed by atoms with van der Waals surface area (Å²) >= 11 is 0. The summed E-state index contributed by atoms with van der Waals surface area (Å²) in [5, 5.41) is 7.33. The molecule has 0 spiro atoms. The summed E-state index contributed by atoms with van der Waals surface area (Å²) in [6, 6.07) is 68.7. The van der Waals surface area contributed by atoms with E-state index >= 15 is 0 Å². The maximum atomic E-state index is 5.26. The summed E-state index contributed by atoms with van der Waals surface area (Å²) in [4.78, 5) is 17.9. The minimum atomic E-state index is 0.626. The second kappa shape index (κ2) is 12.6. The van der Waals surface area contributed by atoms with Gasteiger partial charge in [-0.05, 0) is 85.9 Å². The molecule has 0 aliphatic carbocycles. The molecule has 0 saturated heterocycles. The van der Waals surface area contributed by atoms with Gasteiger partial charge in [-0.15, -0.1) is 0 Å². The third kappa shape index (κ3) is 5.11. The minimum Gasteiger partial charge on any atom is -0.309 e. The SMILES string of the molecule is c1ccc(-c2nc(-c3ccc4c(c3)-c3ccccc3-c3ccccc3N4c3ccccc3)nc(-c3ccc4c5ccccc5c5ccccc5c4c3)n2)cc1. The minimum absolute atomic E-state index is 0.626. The van der Waals surface area contributed by atoms with Gasteiger partial charge in [0.05, 0.1) is 11.4 Å². The van der Waals surface area contributed by atoms with Gasteiger partial charge in [0.2, 0.25) is 0 Å². The van der Waals surface area contributed by atoms with Crippen molar-refractivity contribution in [3.05, 3.63) is 194 Å². The number of nitrogens with zero attached hydrogens (tertiary/aromatic N) is 4. The van der Waals surface area contributed by atoms with Gasteiger partial charge < -0.3 is 4.90 Å². The lowest BCUT2D eigenvalue weighted by molar-refractivity contribution is 1.07. The van der Waals surface area contributed by atoms with Crippen LogP contribution in [-0.4, -0.2) is 15.0 Å². The van der Waals surface area contributed by atoms with Crippen LogP contribution in [0, 0.1) is 0 Å². The van der Waals surface area contributed by atoms with Crippen molar-refractivity contribution < 1.29 is 0 Å². The van der Waals surface area contributed by atoms with Crippen molar-refractivity contribution in [2.24, 2.45) is 0 Å². The average Bonchev–Trinajstić information content (AvgIpc) is 3.39. The predicted octanol–water partition coefficient (Wildman–Crippen LogP) is 13.4. The second-order valence-electron chi connectivity index (χ2n) is 14.0. The van der Waals surface area contributed by atoms with E-state index in [2.05, 4.69) is 181 Å². The first-order valence-electron chi connectivity index (χ1n) is 18.6. The van der Waals surface area contributed by atoms with E-state index in [0.717, 1.165) is 44.9 Å². The molecule has 0 N–H and O–H groups in total. The van der Waals surface area contributed by atoms with Crippen molar-refractivity contribution in [1.82, 2.24) is 15.0 Å². The van der Waals surface area contributed by atoms with E-state index in [1.54, 1.807) is 0 Å². The Morgan fingerprint density at radius 3 is 1.36 bits per heavy atom. The van der Waals surface area contributed by atoms with Gasteiger partial charge >= 0.3 is 0 Å². The van der Waals surface area contributed by atoms with E-state index in [9.17, 15) is 0 Å². The maximum absolute atomic E-state index is 5.26. The molecular weight excluding hydrogens is 669 g/mol. The molecule has 1 aliphatic rings. The first kappa shape index (κ1) is 31.1. The molecule has 0 bridgehead atoms. The van der Waals surface area contributed by atoms with E-state index in [1.807, 2.05) is 18.2 Å². The third-order valence-corrected chi connectivity index (χ3v) is 10.8. The van der Waals surface area contributed by atoms with E-state index in [4.69, 9.17) is 15.0 Å². The Hall–Kier alpha value is -7.43. The molecule has 4 heteroatoms. The van der Waals surface area contributed by atoms with Crippen LogP contribution in [0.2, 0.25) is 0 Å². The zero-order chi connectivity index (χ0) is 36.3. The summed E-state index contributed by atoms with van der Waals surface area (Å²) in [5.41, 5.74) is 10.8. The molecule has 0 unspecified atom stereocenters. The van der Waals surface area contributed by atoms with Gasteiger partial charge in [0.1, 0.15) is 0 Å². The summed E-state index contributed by atoms with van der Waals surface area (Å²) < 4.78 is 0. The largest absolute Gasteiger partial charge is 0.309 e. The molecule has 0 fully saturated rings. The first-order valence-corrected chi connectivity index (χ1v) is 18.6. The molecule has 55 heavy (non-hydrogen) atoms. The monoisotopic (exact) mass is 700 g/mol. The van der Waals surface area contributed by atoms with E-state index in [0.29, 0.717) is 17.5 Å². The van der Waals surface area contributed by atoms with Gasteiger partial charge in [-0.3, -0.25) is 0 Å². The Kier molecular flexibility index (Phi) is 7.14. The lowest BCUT2D eigenvalue weighted by Gasteiger charge is -2.27. The van der Waals surface area contributed by atoms with Crippen molar-refractivity contribution in [3.8, 4) is 56.4 Å². The van der Waals surface area contributed by atoms with Crippen LogP contribution in [0.5, 0.6) is 0 Å². The maximum Gasteiger partial charge on any atom is 0.164 e. The van der Waals surface area contributed by atoms with Gasteiger partial charge in [-0.25, -0.2) is 15.0 Å². The van der Waals surface area contributed by atoms with Crippen LogP contribution >= 0.6 is 0 Å². The van der Waals surface area contributed by atoms with Crippen molar-refractivity contribution in [3.63, 3.8) is 0 Å². The Bertz CT molecular complexity index is 3060. The lowest BCUT2D eigenvalue weighted by Crippen LogP contribution is -2.10. The predicted molar refractivity (Wildman–Crippen MR) is 228 cm³/mol. The van der Waals surface area contributed by atoms with Gasteiger partial charge in [0, 0.05) is 33.5 Å². The highest BCUT2D eigenvalue weighted by Crippen LogP contribution is 2.51. The number of hydrogen-bond acceptors (Lipinski definition) is 4. The first-order chi connectivity index (χ1) is 27.3. The van der Waals surface area contributed by atoms with Gasteiger partial charge in [-0.1, -0.05) is 152 Å². The highest BCUT2D eigenvalue weighted by Gasteiger charge is 2.26. The van der Waals surface area contributed by atoms with Gasteiger partial charge in [0.15, 0.2) is 17.5 Å².